The van der Waals surface area contributed by atoms with Crippen LogP contribution in [0.15, 0.2) is 0 Å². The van der Waals surface area contributed by atoms with Gasteiger partial charge in [-0.05, 0) is 0 Å². The fraction of sp³-hybridized carbons (Fsp3) is 0.684. The van der Waals surface area contributed by atoms with Gasteiger partial charge in [-0.25, -0.2) is 0 Å². The van der Waals surface area contributed by atoms with Crippen molar-refractivity contribution >= 4 is 35.8 Å². The summed E-state index contributed by atoms with van der Waals surface area (Å²) in [6.07, 6.45) is -9.09. The first-order chi connectivity index (χ1) is 15.6. The molecule has 0 saturated carbocycles. The number of ether oxygens (including phenoxy) is 6. The average molecular weight is 493 g/mol. The number of hydrogen-bond donors (Lipinski definition) is 0. The highest BCUT2D eigenvalue weighted by molar-refractivity contribution is 5.70. The van der Waals surface area contributed by atoms with Gasteiger partial charge in [0, 0.05) is 46.5 Å². The molecule has 0 aliphatic heterocycles. The lowest BCUT2D eigenvalue weighted by atomic mass is 9.97. The molecule has 0 rings (SSSR count). The topological polar surface area (TPSA) is 201 Å². The van der Waals surface area contributed by atoms with Crippen molar-refractivity contribution in [2.24, 2.45) is 0 Å². The number of rotatable bonds is 13. The maximum atomic E-state index is 11.9. The molecular formula is C19H27NO14. The van der Waals surface area contributed by atoms with Gasteiger partial charge in [-0.15, -0.1) is 0 Å². The van der Waals surface area contributed by atoms with E-state index in [0.717, 1.165) is 41.5 Å². The zero-order valence-corrected chi connectivity index (χ0v) is 19.5. The number of carbonyl (C=O) groups is 6. The van der Waals surface area contributed by atoms with Crippen molar-refractivity contribution in [1.82, 2.24) is 0 Å². The highest BCUT2D eigenvalue weighted by Gasteiger charge is 2.49. The Morgan fingerprint density at radius 2 is 0.941 bits per heavy atom. The number of carbonyl (C=O) groups excluding carboxylic acids is 6. The van der Waals surface area contributed by atoms with Crippen molar-refractivity contribution < 1.29 is 62.1 Å². The lowest BCUT2D eigenvalue weighted by Gasteiger charge is -2.36. The first-order valence-corrected chi connectivity index (χ1v) is 9.75. The minimum absolute atomic E-state index is 0.703. The number of hydrogen-bond acceptors (Lipinski definition) is 14. The molecule has 0 aromatic rings. The predicted molar refractivity (Wildman–Crippen MR) is 106 cm³/mol. The van der Waals surface area contributed by atoms with E-state index in [2.05, 4.69) is 0 Å². The van der Waals surface area contributed by atoms with E-state index in [1.165, 1.54) is 0 Å². The minimum Gasteiger partial charge on any atom is -0.462 e. The first kappa shape index (κ1) is 30.2. The van der Waals surface area contributed by atoms with Crippen molar-refractivity contribution in [3.05, 3.63) is 10.1 Å². The van der Waals surface area contributed by atoms with Crippen molar-refractivity contribution in [1.29, 1.82) is 0 Å². The van der Waals surface area contributed by atoms with E-state index < -0.39 is 84.4 Å². The van der Waals surface area contributed by atoms with Gasteiger partial charge < -0.3 is 28.4 Å². The van der Waals surface area contributed by atoms with Crippen LogP contribution in [0.4, 0.5) is 0 Å². The standard InChI is InChI=1S/C19H27NO14/c1-9(21)29-8-16(31-11(3)23)18(33-13(5)25)19(34-14(6)26)17(32-12(4)24)15(7-20(27)28)30-10(2)22/h15-19H,7-8H2,1-6H3/t15-,16+,17+,18+,19+/m0/s1. The highest BCUT2D eigenvalue weighted by Crippen LogP contribution is 2.23. The minimum atomic E-state index is -1.91. The van der Waals surface area contributed by atoms with E-state index in [-0.39, 0.29) is 0 Å². The molecule has 0 fully saturated rings. The van der Waals surface area contributed by atoms with Gasteiger partial charge in [0.25, 0.3) is 0 Å². The summed E-state index contributed by atoms with van der Waals surface area (Å²) >= 11 is 0. The molecule has 0 aromatic carbocycles. The second-order valence-corrected chi connectivity index (χ2v) is 6.84. The molecule has 0 unspecified atom stereocenters. The van der Waals surface area contributed by atoms with E-state index in [4.69, 9.17) is 28.4 Å². The predicted octanol–water partition coefficient (Wildman–Crippen LogP) is -0.515. The van der Waals surface area contributed by atoms with Crippen molar-refractivity contribution in [3.8, 4) is 0 Å². The Kier molecular flexibility index (Phi) is 12.8. The summed E-state index contributed by atoms with van der Waals surface area (Å²) in [7, 11) is 0. The summed E-state index contributed by atoms with van der Waals surface area (Å²) < 4.78 is 30.2. The van der Waals surface area contributed by atoms with E-state index in [0.29, 0.717) is 0 Å². The van der Waals surface area contributed by atoms with Crippen LogP contribution in [0.25, 0.3) is 0 Å². The summed E-state index contributed by atoms with van der Waals surface area (Å²) in [6, 6.07) is 0. The maximum Gasteiger partial charge on any atom is 0.303 e. The second kappa shape index (κ2) is 14.4. The van der Waals surface area contributed by atoms with Crippen LogP contribution < -0.4 is 0 Å². The lowest BCUT2D eigenvalue weighted by molar-refractivity contribution is -0.493. The summed E-state index contributed by atoms with van der Waals surface area (Å²) in [4.78, 5) is 80.3. The number of nitro groups is 1. The van der Waals surface area contributed by atoms with E-state index in [1.54, 1.807) is 0 Å². The third-order valence-corrected chi connectivity index (χ3v) is 3.70. The zero-order valence-electron chi connectivity index (χ0n) is 19.5. The monoisotopic (exact) mass is 493 g/mol. The molecule has 0 N–H and O–H groups in total. The SMILES string of the molecule is CC(=O)OC[C@@H](OC(C)=O)[C@@H](OC(C)=O)[C@H](OC(C)=O)[C@H](OC(C)=O)[C@H](C[N+](=O)[O-])OC(C)=O. The molecule has 0 bridgehead atoms. The third kappa shape index (κ3) is 12.3. The maximum absolute atomic E-state index is 11.9. The normalized spacial score (nSPS) is 14.8. The molecule has 5 atom stereocenters. The van der Waals surface area contributed by atoms with Gasteiger partial charge in [0.15, 0.2) is 24.4 Å². The average Bonchev–Trinajstić information content (AvgIpc) is 2.64. The Morgan fingerprint density at radius 3 is 1.29 bits per heavy atom. The Morgan fingerprint density at radius 1 is 0.588 bits per heavy atom. The Bertz CT molecular complexity index is 778. The van der Waals surface area contributed by atoms with Gasteiger partial charge in [-0.1, -0.05) is 0 Å². The first-order valence-electron chi connectivity index (χ1n) is 9.75. The molecule has 15 nitrogen and oxygen atoms in total. The molecule has 0 aliphatic rings. The Labute approximate surface area is 194 Å². The summed E-state index contributed by atoms with van der Waals surface area (Å²) in [5.74, 6) is -5.82. The van der Waals surface area contributed by atoms with Crippen LogP contribution in [0.3, 0.4) is 0 Å². The molecular weight excluding hydrogens is 466 g/mol. The van der Waals surface area contributed by atoms with Gasteiger partial charge in [0.2, 0.25) is 12.6 Å². The molecule has 0 aromatic heterocycles. The van der Waals surface area contributed by atoms with E-state index in [1.807, 2.05) is 0 Å². The van der Waals surface area contributed by atoms with Gasteiger partial charge in [0.05, 0.1) is 0 Å². The van der Waals surface area contributed by atoms with E-state index in [9.17, 15) is 38.9 Å². The van der Waals surface area contributed by atoms with Crippen LogP contribution in [-0.4, -0.2) is 84.4 Å². The van der Waals surface area contributed by atoms with E-state index >= 15 is 0 Å². The quantitative estimate of drug-likeness (QED) is 0.137. The summed E-state index contributed by atoms with van der Waals surface area (Å²) in [5, 5.41) is 11.2. The molecule has 0 aliphatic carbocycles. The molecule has 0 amide bonds. The molecule has 0 spiro atoms. The highest BCUT2D eigenvalue weighted by atomic mass is 16.7. The van der Waals surface area contributed by atoms with Crippen LogP contribution >= 0.6 is 0 Å². The Hall–Kier alpha value is -3.78. The summed E-state index contributed by atoms with van der Waals surface area (Å²) in [5.41, 5.74) is 0. The van der Waals surface area contributed by atoms with Crippen LogP contribution in [0.5, 0.6) is 0 Å². The number of esters is 6. The van der Waals surface area contributed by atoms with Crippen LogP contribution in [0, 0.1) is 10.1 Å². The smallest absolute Gasteiger partial charge is 0.303 e. The zero-order chi connectivity index (χ0) is 26.6. The van der Waals surface area contributed by atoms with Crippen molar-refractivity contribution in [3.63, 3.8) is 0 Å². The molecule has 0 radical (unpaired) electrons. The lowest BCUT2D eigenvalue weighted by Crippen LogP contribution is -2.57. The molecule has 15 heteroatoms. The van der Waals surface area contributed by atoms with Gasteiger partial charge in [-0.3, -0.25) is 38.9 Å². The van der Waals surface area contributed by atoms with Crippen LogP contribution in [0.1, 0.15) is 41.5 Å². The molecule has 0 heterocycles. The molecule has 34 heavy (non-hydrogen) atoms. The largest absolute Gasteiger partial charge is 0.462 e. The molecule has 192 valence electrons. The summed E-state index contributed by atoms with van der Waals surface area (Å²) in [6.45, 7) is 3.90. The fourth-order valence-electron chi connectivity index (χ4n) is 2.78. The van der Waals surface area contributed by atoms with Crippen molar-refractivity contribution in [2.45, 2.75) is 72.1 Å². The third-order valence-electron chi connectivity index (χ3n) is 3.70. The fourth-order valence-corrected chi connectivity index (χ4v) is 2.78. The Balaban J connectivity index is 6.76. The number of nitrogens with zero attached hydrogens (tertiary/aromatic N) is 1. The molecule has 0 saturated heterocycles. The van der Waals surface area contributed by atoms with Crippen LogP contribution in [-0.2, 0) is 57.2 Å². The van der Waals surface area contributed by atoms with Crippen LogP contribution in [0.2, 0.25) is 0 Å². The van der Waals surface area contributed by atoms with Gasteiger partial charge in [-0.2, -0.15) is 0 Å². The van der Waals surface area contributed by atoms with Crippen molar-refractivity contribution in [2.75, 3.05) is 13.2 Å². The van der Waals surface area contributed by atoms with Gasteiger partial charge >= 0.3 is 35.8 Å². The second-order valence-electron chi connectivity index (χ2n) is 6.84. The van der Waals surface area contributed by atoms with Gasteiger partial charge in [0.1, 0.15) is 6.61 Å².